The van der Waals surface area contributed by atoms with Crippen LogP contribution in [0.25, 0.3) is 0 Å². The molecule has 4 heteroatoms. The van der Waals surface area contributed by atoms with Crippen LogP contribution in [0.5, 0.6) is 5.75 Å². The zero-order valence-corrected chi connectivity index (χ0v) is 13.8. The van der Waals surface area contributed by atoms with Crippen LogP contribution in [0.2, 0.25) is 0 Å². The van der Waals surface area contributed by atoms with Crippen molar-refractivity contribution in [2.75, 3.05) is 40.3 Å². The Morgan fingerprint density at radius 3 is 2.33 bits per heavy atom. The molecule has 116 valence electrons. The molecule has 0 unspecified atom stereocenters. The van der Waals surface area contributed by atoms with Crippen LogP contribution in [-0.2, 0) is 0 Å². The number of nitrogens with zero attached hydrogens (tertiary/aromatic N) is 2. The average molecular weight is 290 g/mol. The Labute approximate surface area is 127 Å². The number of likely N-dealkylation sites (N-methyl/N-ethyl adjacent to an activating group) is 1. The second kappa shape index (κ2) is 6.48. The predicted molar refractivity (Wildman–Crippen MR) is 85.2 cm³/mol. The van der Waals surface area contributed by atoms with E-state index in [-0.39, 0.29) is 5.91 Å². The zero-order chi connectivity index (χ0) is 15.6. The third-order valence-corrected chi connectivity index (χ3v) is 4.22. The number of methoxy groups -OCH3 is 1. The lowest BCUT2D eigenvalue weighted by Crippen LogP contribution is -2.47. The molecule has 1 aliphatic heterocycles. The number of hydrogen-bond acceptors (Lipinski definition) is 3. The molecule has 1 aromatic carbocycles. The molecule has 1 heterocycles. The van der Waals surface area contributed by atoms with Crippen LogP contribution in [0, 0.1) is 6.92 Å². The number of carbonyl (C=O) groups is 1. The fourth-order valence-corrected chi connectivity index (χ4v) is 2.74. The molecule has 1 aromatic rings. The first kappa shape index (κ1) is 15.8. The number of ether oxygens (including phenoxy) is 1. The van der Waals surface area contributed by atoms with Gasteiger partial charge in [-0.15, -0.1) is 0 Å². The van der Waals surface area contributed by atoms with Crippen molar-refractivity contribution in [2.24, 2.45) is 0 Å². The molecular formula is C17H26N2O2. The molecule has 0 radical (unpaired) electrons. The van der Waals surface area contributed by atoms with Crippen LogP contribution in [0.15, 0.2) is 12.1 Å². The van der Waals surface area contributed by atoms with E-state index < -0.39 is 0 Å². The van der Waals surface area contributed by atoms with Gasteiger partial charge in [-0.25, -0.2) is 0 Å². The second-order valence-electron chi connectivity index (χ2n) is 6.16. The lowest BCUT2D eigenvalue weighted by atomic mass is 9.95. The van der Waals surface area contributed by atoms with Gasteiger partial charge in [0.05, 0.1) is 7.11 Å². The normalized spacial score (nSPS) is 16.4. The molecule has 1 aliphatic rings. The van der Waals surface area contributed by atoms with Gasteiger partial charge >= 0.3 is 0 Å². The molecule has 1 fully saturated rings. The SMILES string of the molecule is COc1cc(C)c(C(=O)N2CCN(C)CC2)cc1C(C)C. The zero-order valence-electron chi connectivity index (χ0n) is 13.8. The van der Waals surface area contributed by atoms with E-state index in [0.717, 1.165) is 48.6 Å². The van der Waals surface area contributed by atoms with E-state index in [0.29, 0.717) is 5.92 Å². The lowest BCUT2D eigenvalue weighted by molar-refractivity contribution is 0.0663. The summed E-state index contributed by atoms with van der Waals surface area (Å²) in [4.78, 5) is 17.0. The summed E-state index contributed by atoms with van der Waals surface area (Å²) in [6, 6.07) is 4.00. The van der Waals surface area contributed by atoms with Crippen molar-refractivity contribution in [3.8, 4) is 5.75 Å². The number of aryl methyl sites for hydroxylation is 1. The Balaban J connectivity index is 2.30. The Morgan fingerprint density at radius 2 is 1.81 bits per heavy atom. The highest BCUT2D eigenvalue weighted by atomic mass is 16.5. The maximum atomic E-state index is 12.8. The van der Waals surface area contributed by atoms with Gasteiger partial charge in [-0.3, -0.25) is 4.79 Å². The average Bonchev–Trinajstić information content (AvgIpc) is 2.46. The third kappa shape index (κ3) is 3.38. The highest BCUT2D eigenvalue weighted by Crippen LogP contribution is 2.30. The molecule has 0 N–H and O–H groups in total. The second-order valence-corrected chi connectivity index (χ2v) is 6.16. The van der Waals surface area contributed by atoms with Gasteiger partial charge in [0.1, 0.15) is 5.75 Å². The molecular weight excluding hydrogens is 264 g/mol. The van der Waals surface area contributed by atoms with E-state index in [1.165, 1.54) is 0 Å². The van der Waals surface area contributed by atoms with Crippen molar-refractivity contribution >= 4 is 5.91 Å². The quantitative estimate of drug-likeness (QED) is 0.857. The van der Waals surface area contributed by atoms with E-state index in [2.05, 4.69) is 25.8 Å². The molecule has 4 nitrogen and oxygen atoms in total. The van der Waals surface area contributed by atoms with Gasteiger partial charge in [-0.1, -0.05) is 13.8 Å². The van der Waals surface area contributed by atoms with Gasteiger partial charge < -0.3 is 14.5 Å². The Kier molecular flexibility index (Phi) is 4.88. The fraction of sp³-hybridized carbons (Fsp3) is 0.588. The van der Waals surface area contributed by atoms with Gasteiger partial charge in [-0.2, -0.15) is 0 Å². The minimum atomic E-state index is 0.144. The molecule has 0 spiro atoms. The first-order valence-electron chi connectivity index (χ1n) is 7.60. The Bertz CT molecular complexity index is 518. The Hall–Kier alpha value is -1.55. The molecule has 21 heavy (non-hydrogen) atoms. The maximum absolute atomic E-state index is 12.8. The molecule has 0 atom stereocenters. The minimum Gasteiger partial charge on any atom is -0.496 e. The van der Waals surface area contributed by atoms with E-state index in [1.807, 2.05) is 24.0 Å². The first-order valence-corrected chi connectivity index (χ1v) is 7.60. The smallest absolute Gasteiger partial charge is 0.254 e. The summed E-state index contributed by atoms with van der Waals surface area (Å²) in [6.07, 6.45) is 0. The van der Waals surface area contributed by atoms with Gasteiger partial charge in [0.15, 0.2) is 0 Å². The maximum Gasteiger partial charge on any atom is 0.254 e. The third-order valence-electron chi connectivity index (χ3n) is 4.22. The highest BCUT2D eigenvalue weighted by Gasteiger charge is 2.23. The summed E-state index contributed by atoms with van der Waals surface area (Å²) in [5.74, 6) is 1.35. The first-order chi connectivity index (χ1) is 9.93. The van der Waals surface area contributed by atoms with Crippen molar-refractivity contribution in [1.29, 1.82) is 0 Å². The highest BCUT2D eigenvalue weighted by molar-refractivity contribution is 5.96. The monoisotopic (exact) mass is 290 g/mol. The number of carbonyl (C=O) groups excluding carboxylic acids is 1. The molecule has 1 amide bonds. The van der Waals surface area contributed by atoms with Crippen molar-refractivity contribution in [3.05, 3.63) is 28.8 Å². The van der Waals surface area contributed by atoms with Crippen LogP contribution >= 0.6 is 0 Å². The van der Waals surface area contributed by atoms with Crippen molar-refractivity contribution < 1.29 is 9.53 Å². The van der Waals surface area contributed by atoms with Crippen LogP contribution in [0.1, 0.15) is 41.3 Å². The number of hydrogen-bond donors (Lipinski definition) is 0. The fourth-order valence-electron chi connectivity index (χ4n) is 2.74. The van der Waals surface area contributed by atoms with E-state index in [1.54, 1.807) is 7.11 Å². The largest absolute Gasteiger partial charge is 0.496 e. The Morgan fingerprint density at radius 1 is 1.19 bits per heavy atom. The summed E-state index contributed by atoms with van der Waals surface area (Å²) in [7, 11) is 3.78. The van der Waals surface area contributed by atoms with Crippen LogP contribution in [0.3, 0.4) is 0 Å². The van der Waals surface area contributed by atoms with Gasteiger partial charge in [-0.05, 0) is 43.1 Å². The lowest BCUT2D eigenvalue weighted by Gasteiger charge is -2.33. The summed E-state index contributed by atoms with van der Waals surface area (Å²) in [5.41, 5.74) is 2.89. The standard InChI is InChI=1S/C17H26N2O2/c1-12(2)14-11-15(13(3)10-16(14)21-5)17(20)19-8-6-18(4)7-9-19/h10-12H,6-9H2,1-5H3. The summed E-state index contributed by atoms with van der Waals surface area (Å²) >= 11 is 0. The summed E-state index contributed by atoms with van der Waals surface area (Å²) in [5, 5.41) is 0. The number of piperazine rings is 1. The van der Waals surface area contributed by atoms with Crippen LogP contribution in [-0.4, -0.2) is 56.0 Å². The van der Waals surface area contributed by atoms with Crippen molar-refractivity contribution in [3.63, 3.8) is 0 Å². The molecule has 1 saturated heterocycles. The molecule has 0 saturated carbocycles. The van der Waals surface area contributed by atoms with E-state index >= 15 is 0 Å². The molecule has 0 bridgehead atoms. The van der Waals surface area contributed by atoms with E-state index in [4.69, 9.17) is 4.74 Å². The molecule has 2 rings (SSSR count). The van der Waals surface area contributed by atoms with Gasteiger partial charge in [0.25, 0.3) is 5.91 Å². The molecule has 0 aromatic heterocycles. The predicted octanol–water partition coefficient (Wildman–Crippen LogP) is 2.51. The summed E-state index contributed by atoms with van der Waals surface area (Å²) < 4.78 is 5.45. The van der Waals surface area contributed by atoms with Crippen LogP contribution in [0.4, 0.5) is 0 Å². The van der Waals surface area contributed by atoms with E-state index in [9.17, 15) is 4.79 Å². The number of rotatable bonds is 3. The number of benzene rings is 1. The summed E-state index contributed by atoms with van der Waals surface area (Å²) in [6.45, 7) is 9.72. The van der Waals surface area contributed by atoms with Gasteiger partial charge in [0, 0.05) is 31.7 Å². The van der Waals surface area contributed by atoms with Gasteiger partial charge in [0.2, 0.25) is 0 Å². The topological polar surface area (TPSA) is 32.8 Å². The number of amides is 1. The van der Waals surface area contributed by atoms with Crippen molar-refractivity contribution in [2.45, 2.75) is 26.7 Å². The minimum absolute atomic E-state index is 0.144. The van der Waals surface area contributed by atoms with Crippen LogP contribution < -0.4 is 4.74 Å². The molecule has 0 aliphatic carbocycles. The van der Waals surface area contributed by atoms with Crippen molar-refractivity contribution in [1.82, 2.24) is 9.80 Å².